The van der Waals surface area contributed by atoms with Crippen LogP contribution in [-0.2, 0) is 4.79 Å². The first kappa shape index (κ1) is 15.6. The Hall–Kier alpha value is -1.41. The highest BCUT2D eigenvalue weighted by molar-refractivity contribution is 5.95. The molecule has 0 saturated carbocycles. The van der Waals surface area contributed by atoms with Gasteiger partial charge in [-0.1, -0.05) is 56.7 Å². The summed E-state index contributed by atoms with van der Waals surface area (Å²) in [5, 5.41) is 0. The number of ketones is 1. The van der Waals surface area contributed by atoms with Gasteiger partial charge in [-0.15, -0.1) is 0 Å². The summed E-state index contributed by atoms with van der Waals surface area (Å²) in [6.45, 7) is 11.1. The second-order valence-corrected chi connectivity index (χ2v) is 5.03. The molecule has 2 heteroatoms. The molecule has 0 aliphatic rings. The molecule has 0 fully saturated rings. The predicted octanol–water partition coefficient (Wildman–Crippen LogP) is 3.56. The molecule has 0 aliphatic carbocycles. The van der Waals surface area contributed by atoms with Gasteiger partial charge in [0.05, 0.1) is 0 Å². The van der Waals surface area contributed by atoms with Crippen molar-refractivity contribution < 1.29 is 4.79 Å². The minimum atomic E-state index is 0.0570. The number of rotatable bonds is 7. The molecule has 19 heavy (non-hydrogen) atoms. The Morgan fingerprint density at radius 1 is 1.21 bits per heavy atom. The molecular weight excluding hydrogens is 234 g/mol. The molecule has 1 aromatic carbocycles. The number of hydrogen-bond acceptors (Lipinski definition) is 2. The monoisotopic (exact) mass is 259 g/mol. The van der Waals surface area contributed by atoms with Crippen LogP contribution in [0.1, 0.15) is 31.9 Å². The van der Waals surface area contributed by atoms with Crippen molar-refractivity contribution in [3.8, 4) is 0 Å². The minimum Gasteiger partial charge on any atom is -0.303 e. The van der Waals surface area contributed by atoms with Crippen LogP contribution in [-0.4, -0.2) is 30.3 Å². The molecule has 0 amide bonds. The summed E-state index contributed by atoms with van der Waals surface area (Å²) in [6.07, 6.45) is 3.61. The molecule has 1 rings (SSSR count). The largest absolute Gasteiger partial charge is 0.303 e. The molecule has 2 nitrogen and oxygen atoms in total. The van der Waals surface area contributed by atoms with Crippen molar-refractivity contribution in [2.45, 2.75) is 27.7 Å². The Labute approximate surface area is 117 Å². The van der Waals surface area contributed by atoms with Gasteiger partial charge in [-0.05, 0) is 31.7 Å². The Kier molecular flexibility index (Phi) is 6.51. The van der Waals surface area contributed by atoms with E-state index in [1.54, 1.807) is 6.08 Å². The summed E-state index contributed by atoms with van der Waals surface area (Å²) >= 11 is 0. The fraction of sp³-hybridized carbons (Fsp3) is 0.471. The summed E-state index contributed by atoms with van der Waals surface area (Å²) in [4.78, 5) is 14.3. The van der Waals surface area contributed by atoms with E-state index in [0.717, 1.165) is 25.2 Å². The van der Waals surface area contributed by atoms with Crippen LogP contribution in [0.4, 0.5) is 0 Å². The fourth-order valence-corrected chi connectivity index (χ4v) is 1.98. The highest BCUT2D eigenvalue weighted by atomic mass is 16.1. The van der Waals surface area contributed by atoms with Crippen molar-refractivity contribution >= 4 is 11.9 Å². The van der Waals surface area contributed by atoms with Gasteiger partial charge >= 0.3 is 0 Å². The molecule has 1 aromatic rings. The van der Waals surface area contributed by atoms with Crippen molar-refractivity contribution in [3.63, 3.8) is 0 Å². The highest BCUT2D eigenvalue weighted by Gasteiger charge is 2.12. The normalized spacial score (nSPS) is 13.1. The van der Waals surface area contributed by atoms with Crippen LogP contribution in [0.25, 0.3) is 6.08 Å². The van der Waals surface area contributed by atoms with Crippen molar-refractivity contribution in [2.24, 2.45) is 5.92 Å². The number of carbonyl (C=O) groups is 1. The van der Waals surface area contributed by atoms with E-state index >= 15 is 0 Å². The van der Waals surface area contributed by atoms with Crippen molar-refractivity contribution in [1.82, 2.24) is 4.90 Å². The van der Waals surface area contributed by atoms with E-state index in [2.05, 4.69) is 37.8 Å². The van der Waals surface area contributed by atoms with Crippen molar-refractivity contribution in [3.05, 3.63) is 41.5 Å². The van der Waals surface area contributed by atoms with Crippen LogP contribution in [0.2, 0.25) is 0 Å². The van der Waals surface area contributed by atoms with Gasteiger partial charge in [0.1, 0.15) is 0 Å². The van der Waals surface area contributed by atoms with E-state index in [9.17, 15) is 4.79 Å². The quantitative estimate of drug-likeness (QED) is 0.698. The van der Waals surface area contributed by atoms with Gasteiger partial charge in [0.25, 0.3) is 0 Å². The molecule has 0 aromatic heterocycles. The lowest BCUT2D eigenvalue weighted by molar-refractivity contribution is -0.118. The van der Waals surface area contributed by atoms with Crippen LogP contribution < -0.4 is 0 Å². The Morgan fingerprint density at radius 3 is 2.32 bits per heavy atom. The van der Waals surface area contributed by atoms with Crippen LogP contribution in [0.15, 0.2) is 30.3 Å². The lowest BCUT2D eigenvalue weighted by Crippen LogP contribution is -2.31. The fourth-order valence-electron chi connectivity index (χ4n) is 1.98. The second-order valence-electron chi connectivity index (χ2n) is 5.03. The zero-order valence-electron chi connectivity index (χ0n) is 12.5. The number of aryl methyl sites for hydroxylation is 1. The van der Waals surface area contributed by atoms with Gasteiger partial charge in [0.2, 0.25) is 0 Å². The van der Waals surface area contributed by atoms with Gasteiger partial charge in [0, 0.05) is 12.5 Å². The number of allylic oxidation sites excluding steroid dienone is 1. The van der Waals surface area contributed by atoms with Crippen molar-refractivity contribution in [1.29, 1.82) is 0 Å². The predicted molar refractivity (Wildman–Crippen MR) is 82.2 cm³/mol. The van der Waals surface area contributed by atoms with E-state index in [4.69, 9.17) is 0 Å². The maximum atomic E-state index is 12.0. The third-order valence-electron chi connectivity index (χ3n) is 3.43. The highest BCUT2D eigenvalue weighted by Crippen LogP contribution is 2.07. The first-order valence-electron chi connectivity index (χ1n) is 7.07. The molecule has 0 heterocycles. The van der Waals surface area contributed by atoms with Crippen LogP contribution in [0.5, 0.6) is 0 Å². The number of benzene rings is 1. The smallest absolute Gasteiger partial charge is 0.159 e. The van der Waals surface area contributed by atoms with E-state index < -0.39 is 0 Å². The first-order chi connectivity index (χ1) is 9.06. The number of hydrogen-bond donors (Lipinski definition) is 0. The SMILES string of the molecule is CCN(CC)C[C@@H](C)C(=O)/C=C/c1ccc(C)cc1. The van der Waals surface area contributed by atoms with Gasteiger partial charge in [0.15, 0.2) is 5.78 Å². The van der Waals surface area contributed by atoms with Crippen LogP contribution in [0, 0.1) is 12.8 Å². The maximum Gasteiger partial charge on any atom is 0.159 e. The average Bonchev–Trinajstić information content (AvgIpc) is 2.43. The molecule has 0 radical (unpaired) electrons. The molecule has 104 valence electrons. The van der Waals surface area contributed by atoms with Gasteiger partial charge in [-0.25, -0.2) is 0 Å². The van der Waals surface area contributed by atoms with Gasteiger partial charge < -0.3 is 4.90 Å². The molecule has 0 saturated heterocycles. The third-order valence-corrected chi connectivity index (χ3v) is 3.43. The number of nitrogens with zero attached hydrogens (tertiary/aromatic N) is 1. The average molecular weight is 259 g/mol. The summed E-state index contributed by atoms with van der Waals surface area (Å²) < 4.78 is 0. The zero-order valence-corrected chi connectivity index (χ0v) is 12.5. The summed E-state index contributed by atoms with van der Waals surface area (Å²) in [5.41, 5.74) is 2.31. The molecule has 0 spiro atoms. The lowest BCUT2D eigenvalue weighted by atomic mass is 10.0. The summed E-state index contributed by atoms with van der Waals surface area (Å²) in [6, 6.07) is 8.19. The van der Waals surface area contributed by atoms with Crippen LogP contribution >= 0.6 is 0 Å². The van der Waals surface area contributed by atoms with Crippen molar-refractivity contribution in [2.75, 3.05) is 19.6 Å². The Balaban J connectivity index is 2.56. The standard InChI is InChI=1S/C17H25NO/c1-5-18(6-2)13-15(4)17(19)12-11-16-9-7-14(3)8-10-16/h7-12,15H,5-6,13H2,1-4H3/b12-11+/t15-/m1/s1. The molecule has 0 aliphatic heterocycles. The third kappa shape index (κ3) is 5.39. The van der Waals surface area contributed by atoms with Crippen LogP contribution in [0.3, 0.4) is 0 Å². The number of carbonyl (C=O) groups excluding carboxylic acids is 1. The minimum absolute atomic E-state index is 0.0570. The summed E-state index contributed by atoms with van der Waals surface area (Å²) in [7, 11) is 0. The van der Waals surface area contributed by atoms with Gasteiger partial charge in [-0.3, -0.25) is 4.79 Å². The summed E-state index contributed by atoms with van der Waals surface area (Å²) in [5.74, 6) is 0.258. The molecule has 0 bridgehead atoms. The Morgan fingerprint density at radius 2 is 1.79 bits per heavy atom. The Bertz CT molecular complexity index is 415. The molecule has 0 unspecified atom stereocenters. The van der Waals surface area contributed by atoms with E-state index in [-0.39, 0.29) is 11.7 Å². The topological polar surface area (TPSA) is 20.3 Å². The molecule has 1 atom stereocenters. The van der Waals surface area contributed by atoms with E-state index in [1.165, 1.54) is 5.56 Å². The second kappa shape index (κ2) is 7.90. The van der Waals surface area contributed by atoms with E-state index in [1.807, 2.05) is 25.1 Å². The zero-order chi connectivity index (χ0) is 14.3. The maximum absolute atomic E-state index is 12.0. The van der Waals surface area contributed by atoms with Gasteiger partial charge in [-0.2, -0.15) is 0 Å². The molecular formula is C17H25NO. The first-order valence-corrected chi connectivity index (χ1v) is 7.07. The lowest BCUT2D eigenvalue weighted by Gasteiger charge is -2.20. The molecule has 0 N–H and O–H groups in total. The van der Waals surface area contributed by atoms with E-state index in [0.29, 0.717) is 0 Å².